The Labute approximate surface area is 432 Å². The summed E-state index contributed by atoms with van der Waals surface area (Å²) in [6, 6.07) is 35.9. The van der Waals surface area contributed by atoms with Gasteiger partial charge in [0.25, 0.3) is 0 Å². The quantitative estimate of drug-likeness (QED) is 0.0205. The summed E-state index contributed by atoms with van der Waals surface area (Å²) in [7, 11) is 0. The first-order chi connectivity index (χ1) is 36.5. The minimum Gasteiger partial charge on any atom is -0.494 e. The van der Waals surface area contributed by atoms with Gasteiger partial charge in [0.15, 0.2) is 0 Å². The predicted molar refractivity (Wildman–Crippen MR) is 271 cm³/mol. The first-order valence-corrected chi connectivity index (χ1v) is 24.2. The monoisotopic (exact) mass is 1020 g/mol. The molecular weight excluding hydrogens is 965 g/mol. The fraction of sp³-hybridized carbons (Fsp3) is 0.220. The van der Waals surface area contributed by atoms with Gasteiger partial charge in [-0.2, -0.15) is 0 Å². The zero-order valence-electron chi connectivity index (χ0n) is 40.8. The van der Waals surface area contributed by atoms with Gasteiger partial charge in [0.05, 0.1) is 37.6 Å². The average molecular weight is 1020 g/mol. The first-order valence-electron chi connectivity index (χ1n) is 24.2. The highest BCUT2D eigenvalue weighted by Gasteiger charge is 2.49. The van der Waals surface area contributed by atoms with Crippen molar-refractivity contribution in [3.05, 3.63) is 192 Å². The second kappa shape index (κ2) is 25.0. The van der Waals surface area contributed by atoms with Crippen LogP contribution in [0.15, 0.2) is 159 Å². The SMILES string of the molecule is C=CC(=O)OCCCCOc1ccc(C(=O)Oc2ccc(OC(=O)Oc3cccc4c3C3(CC4)CCc4cccc(OC(=O)Oc5ccc(OC(=O)c6ccc(OCCCCOC(=O)C=C)cc6)cc5)c43)cc2)cc1. The van der Waals surface area contributed by atoms with Crippen molar-refractivity contribution in [1.82, 2.24) is 0 Å². The number of ether oxygens (including phenoxy) is 10. The number of esters is 4. The standard InChI is InChI=1S/C59H52O16/c1-3-51(60)68-37-7-5-35-66-43-19-15-41(16-20-43)55(62)70-45-23-27-47(28-24-45)72-57(64)74-49-13-9-11-39-31-33-59(53(39)49)34-32-40-12-10-14-50(54(40)59)75-58(65)73-48-29-25-46(26-30-48)71-56(63)42-17-21-44(22-18-42)67-36-6-8-38-69-52(61)4-2/h3-4,9-30H,1-2,5-8,31-38H2. The van der Waals surface area contributed by atoms with E-state index < -0.39 is 41.6 Å². The molecule has 0 amide bonds. The molecule has 6 aromatic rings. The molecule has 0 aliphatic heterocycles. The lowest BCUT2D eigenvalue weighted by atomic mass is 9.76. The summed E-state index contributed by atoms with van der Waals surface area (Å²) in [5.41, 5.74) is 3.54. The maximum absolute atomic E-state index is 13.4. The van der Waals surface area contributed by atoms with Crippen LogP contribution in [-0.2, 0) is 37.3 Å². The highest BCUT2D eigenvalue weighted by atomic mass is 16.7. The van der Waals surface area contributed by atoms with Crippen molar-refractivity contribution >= 4 is 36.2 Å². The lowest BCUT2D eigenvalue weighted by Crippen LogP contribution is -2.25. The van der Waals surface area contributed by atoms with Crippen LogP contribution < -0.4 is 37.9 Å². The Kier molecular flexibility index (Phi) is 17.4. The molecule has 8 rings (SSSR count). The van der Waals surface area contributed by atoms with E-state index in [4.69, 9.17) is 47.4 Å². The van der Waals surface area contributed by atoms with E-state index in [0.717, 1.165) is 34.4 Å². The van der Waals surface area contributed by atoms with Crippen LogP contribution in [0.25, 0.3) is 0 Å². The number of carbonyl (C=O) groups excluding carboxylic acids is 6. The molecule has 6 aromatic carbocycles. The third kappa shape index (κ3) is 13.7. The highest BCUT2D eigenvalue weighted by molar-refractivity contribution is 5.92. The normalized spacial score (nSPS) is 12.5. The number of hydrogen-bond acceptors (Lipinski definition) is 16. The Morgan fingerprint density at radius 2 is 0.760 bits per heavy atom. The molecule has 0 unspecified atom stereocenters. The minimum atomic E-state index is -0.976. The van der Waals surface area contributed by atoms with Gasteiger partial charge in [0, 0.05) is 28.7 Å². The predicted octanol–water partition coefficient (Wildman–Crippen LogP) is 11.2. The van der Waals surface area contributed by atoms with Crippen LogP contribution in [0.5, 0.6) is 46.0 Å². The van der Waals surface area contributed by atoms with E-state index in [1.807, 2.05) is 24.3 Å². The molecule has 384 valence electrons. The van der Waals surface area contributed by atoms with Crippen molar-refractivity contribution in [1.29, 1.82) is 0 Å². The molecule has 0 N–H and O–H groups in total. The largest absolute Gasteiger partial charge is 0.519 e. The van der Waals surface area contributed by atoms with Crippen molar-refractivity contribution < 1.29 is 76.1 Å². The number of hydrogen-bond donors (Lipinski definition) is 0. The zero-order chi connectivity index (χ0) is 52.6. The van der Waals surface area contributed by atoms with Gasteiger partial charge in [0.1, 0.15) is 46.0 Å². The molecule has 2 aliphatic rings. The Morgan fingerprint density at radius 3 is 1.13 bits per heavy atom. The van der Waals surface area contributed by atoms with Crippen molar-refractivity contribution in [2.24, 2.45) is 0 Å². The van der Waals surface area contributed by atoms with Gasteiger partial charge in [-0.3, -0.25) is 0 Å². The van der Waals surface area contributed by atoms with Crippen LogP contribution in [-0.4, -0.2) is 62.6 Å². The van der Waals surface area contributed by atoms with E-state index in [9.17, 15) is 28.8 Å². The molecule has 16 nitrogen and oxygen atoms in total. The van der Waals surface area contributed by atoms with E-state index in [-0.39, 0.29) is 36.2 Å². The van der Waals surface area contributed by atoms with E-state index >= 15 is 0 Å². The summed E-state index contributed by atoms with van der Waals surface area (Å²) in [6.45, 7) is 8.07. The topological polar surface area (TPSA) is 195 Å². The van der Waals surface area contributed by atoms with Crippen molar-refractivity contribution in [3.8, 4) is 46.0 Å². The molecule has 0 heterocycles. The molecular formula is C59H52O16. The fourth-order valence-electron chi connectivity index (χ4n) is 8.80. The highest BCUT2D eigenvalue weighted by Crippen LogP contribution is 2.57. The van der Waals surface area contributed by atoms with Crippen LogP contribution in [0.2, 0.25) is 0 Å². The van der Waals surface area contributed by atoms with Crippen molar-refractivity contribution in [2.75, 3.05) is 26.4 Å². The van der Waals surface area contributed by atoms with Crippen molar-refractivity contribution in [2.45, 2.75) is 56.8 Å². The summed E-state index contributed by atoms with van der Waals surface area (Å²) in [5, 5.41) is 0. The Balaban J connectivity index is 0.824. The lowest BCUT2D eigenvalue weighted by molar-refractivity contribution is -0.138. The summed E-state index contributed by atoms with van der Waals surface area (Å²) in [5.74, 6) is 0.395. The van der Waals surface area contributed by atoms with E-state index in [2.05, 4.69) is 13.2 Å². The second-order valence-electron chi connectivity index (χ2n) is 17.2. The van der Waals surface area contributed by atoms with Gasteiger partial charge in [-0.15, -0.1) is 0 Å². The molecule has 1 spiro atoms. The Hall–Kier alpha value is -9.18. The number of carbonyl (C=O) groups is 6. The Bertz CT molecular complexity index is 2830. The molecule has 75 heavy (non-hydrogen) atoms. The van der Waals surface area contributed by atoms with Gasteiger partial charge in [-0.05, 0) is 172 Å². The lowest BCUT2D eigenvalue weighted by Gasteiger charge is -2.29. The maximum atomic E-state index is 13.4. The molecule has 0 aromatic heterocycles. The minimum absolute atomic E-state index is 0.156. The third-order valence-corrected chi connectivity index (χ3v) is 12.3. The molecule has 0 saturated heterocycles. The number of fused-ring (bicyclic) bond motifs is 4. The smallest absolute Gasteiger partial charge is 0.494 e. The van der Waals surface area contributed by atoms with Crippen LogP contribution >= 0.6 is 0 Å². The van der Waals surface area contributed by atoms with Gasteiger partial charge in [0.2, 0.25) is 0 Å². The van der Waals surface area contributed by atoms with Gasteiger partial charge >= 0.3 is 36.2 Å². The van der Waals surface area contributed by atoms with E-state index in [0.29, 0.717) is 98.7 Å². The summed E-state index contributed by atoms with van der Waals surface area (Å²) < 4.78 is 55.3. The molecule has 0 fully saturated rings. The van der Waals surface area contributed by atoms with Crippen LogP contribution in [0, 0.1) is 0 Å². The number of unbranched alkanes of at least 4 members (excludes halogenated alkanes) is 2. The number of aryl methyl sites for hydroxylation is 2. The molecule has 0 atom stereocenters. The summed E-state index contributed by atoms with van der Waals surface area (Å²) >= 11 is 0. The Morgan fingerprint density at radius 1 is 0.413 bits per heavy atom. The maximum Gasteiger partial charge on any atom is 0.519 e. The zero-order valence-corrected chi connectivity index (χ0v) is 40.8. The van der Waals surface area contributed by atoms with Gasteiger partial charge in [-0.1, -0.05) is 37.4 Å². The molecule has 0 radical (unpaired) electrons. The number of benzene rings is 6. The number of rotatable bonds is 22. The second-order valence-corrected chi connectivity index (χ2v) is 17.2. The molecule has 16 heteroatoms. The third-order valence-electron chi connectivity index (χ3n) is 12.3. The summed E-state index contributed by atoms with van der Waals surface area (Å²) in [4.78, 5) is 74.8. The van der Waals surface area contributed by atoms with Gasteiger partial charge in [-0.25, -0.2) is 28.8 Å². The van der Waals surface area contributed by atoms with Gasteiger partial charge < -0.3 is 47.4 Å². The van der Waals surface area contributed by atoms with E-state index in [1.54, 1.807) is 60.7 Å². The van der Waals surface area contributed by atoms with Crippen LogP contribution in [0.1, 0.15) is 81.5 Å². The molecule has 0 bridgehead atoms. The average Bonchev–Trinajstić information content (AvgIpc) is 4.04. The van der Waals surface area contributed by atoms with Crippen LogP contribution in [0.3, 0.4) is 0 Å². The van der Waals surface area contributed by atoms with Crippen molar-refractivity contribution in [3.63, 3.8) is 0 Å². The summed E-state index contributed by atoms with van der Waals surface area (Å²) in [6.07, 6.45) is 5.59. The first kappa shape index (κ1) is 52.2. The fourth-order valence-corrected chi connectivity index (χ4v) is 8.80. The van der Waals surface area contributed by atoms with Crippen LogP contribution in [0.4, 0.5) is 9.59 Å². The molecule has 0 saturated carbocycles. The molecule has 2 aliphatic carbocycles. The van der Waals surface area contributed by atoms with E-state index in [1.165, 1.54) is 48.5 Å².